The van der Waals surface area contributed by atoms with Gasteiger partial charge in [0.15, 0.2) is 0 Å². The molecule has 36 heavy (non-hydrogen) atoms. The zero-order chi connectivity index (χ0) is 29.4. The van der Waals surface area contributed by atoms with Crippen LogP contribution in [0.3, 0.4) is 0 Å². The second-order valence-electron chi connectivity index (χ2n) is 6.25. The first-order valence-electron chi connectivity index (χ1n) is 7.56. The molecule has 1 rings (SSSR count). The van der Waals surface area contributed by atoms with Gasteiger partial charge in [-0.2, -0.15) is 52.7 Å². The highest BCUT2D eigenvalue weighted by molar-refractivity contribution is 6.34. The highest BCUT2D eigenvalue weighted by Crippen LogP contribution is 2.58. The van der Waals surface area contributed by atoms with Gasteiger partial charge in [-0.05, 0) is 34.8 Å². The summed E-state index contributed by atoms with van der Waals surface area (Å²) < 4.78 is 206. The van der Waals surface area contributed by atoms with E-state index in [0.717, 1.165) is 0 Å². The van der Waals surface area contributed by atoms with Crippen molar-refractivity contribution in [1.82, 2.24) is 15.0 Å². The molecule has 0 N–H and O–H groups in total. The molecule has 3 unspecified atom stereocenters. The van der Waals surface area contributed by atoms with Crippen LogP contribution in [0.15, 0.2) is 0 Å². The molecule has 0 bridgehead atoms. The number of alkyl halides is 21. The van der Waals surface area contributed by atoms with Gasteiger partial charge in [-0.1, -0.05) is 34.8 Å². The monoisotopic (exact) mass is 681 g/mol. The van der Waals surface area contributed by atoms with Gasteiger partial charge >= 0.3 is 49.3 Å². The van der Waals surface area contributed by atoms with E-state index in [2.05, 4.69) is 69.6 Å². The van der Waals surface area contributed by atoms with Crippen molar-refractivity contribution in [2.75, 3.05) is 0 Å². The zero-order valence-corrected chi connectivity index (χ0v) is 19.8. The van der Waals surface area contributed by atoms with Crippen LogP contribution >= 0.6 is 69.6 Å². The highest BCUT2D eigenvalue weighted by Gasteiger charge is 2.75. The predicted molar refractivity (Wildman–Crippen MR) is 93.0 cm³/mol. The van der Waals surface area contributed by atoms with E-state index in [1.807, 2.05) is 0 Å². The third kappa shape index (κ3) is 5.14. The van der Waals surface area contributed by atoms with Gasteiger partial charge in [0.25, 0.3) is 0 Å². The van der Waals surface area contributed by atoms with Crippen molar-refractivity contribution in [1.29, 1.82) is 0 Å². The lowest BCUT2D eigenvalue weighted by molar-refractivity contribution is -0.193. The summed E-state index contributed by atoms with van der Waals surface area (Å²) in [6.07, 6.45) is 0. The molecule has 1 heterocycles. The Morgan fingerprint density at radius 2 is 0.472 bits per heavy atom. The Morgan fingerprint density at radius 3 is 0.583 bits per heavy atom. The Bertz CT molecular complexity index is 850. The van der Waals surface area contributed by atoms with E-state index < -0.39 is 66.8 Å². The summed E-state index contributed by atoms with van der Waals surface area (Å²) >= 11 is 24.7. The third-order valence-corrected chi connectivity index (χ3v) is 6.22. The second kappa shape index (κ2) is 9.13. The lowest BCUT2D eigenvalue weighted by atomic mass is 10.1. The molecule has 1 aromatic rings. The molecule has 0 saturated heterocycles. The molecular formula is C12Cl6F15N3. The SMILES string of the molecule is FC(F)(Cl)C(F)(Cl)C(F)(F)c1nc(C(F)(F)C(F)(Cl)C(F)(F)Cl)nc(C(F)(F)C(F)(Cl)C(F)(F)Cl)n1. The van der Waals surface area contributed by atoms with Crippen LogP contribution in [-0.4, -0.2) is 46.5 Å². The van der Waals surface area contributed by atoms with Gasteiger partial charge in [-0.25, -0.2) is 28.1 Å². The summed E-state index contributed by atoms with van der Waals surface area (Å²) in [5, 5.41) is -36.1. The molecular weight excluding hydrogens is 684 g/mol. The first-order chi connectivity index (χ1) is 15.3. The highest BCUT2D eigenvalue weighted by atomic mass is 35.5. The van der Waals surface area contributed by atoms with Gasteiger partial charge in [-0.15, -0.1) is 0 Å². The summed E-state index contributed by atoms with van der Waals surface area (Å²) in [5.74, 6) is -29.9. The van der Waals surface area contributed by atoms with Crippen molar-refractivity contribution in [2.45, 2.75) is 49.3 Å². The maximum Gasteiger partial charge on any atom is 0.375 e. The van der Waals surface area contributed by atoms with Crippen LogP contribution in [0.25, 0.3) is 0 Å². The van der Waals surface area contributed by atoms with Gasteiger partial charge < -0.3 is 0 Å². The molecule has 24 heteroatoms. The minimum absolute atomic E-state index is 1.72. The molecule has 0 radical (unpaired) electrons. The van der Waals surface area contributed by atoms with Crippen molar-refractivity contribution in [2.24, 2.45) is 0 Å². The fraction of sp³-hybridized carbons (Fsp3) is 0.750. The smallest absolute Gasteiger partial charge is 0.210 e. The second-order valence-corrected chi connectivity index (χ2v) is 9.23. The van der Waals surface area contributed by atoms with Crippen molar-refractivity contribution < 1.29 is 65.9 Å². The van der Waals surface area contributed by atoms with Crippen LogP contribution < -0.4 is 0 Å². The lowest BCUT2D eigenvalue weighted by Gasteiger charge is -2.33. The summed E-state index contributed by atoms with van der Waals surface area (Å²) in [7, 11) is 0. The number of rotatable bonds is 9. The van der Waals surface area contributed by atoms with Crippen LogP contribution in [0.4, 0.5) is 65.9 Å². The maximum absolute atomic E-state index is 14.3. The fourth-order valence-corrected chi connectivity index (χ4v) is 2.36. The summed E-state index contributed by atoms with van der Waals surface area (Å²) in [6, 6.07) is 0. The van der Waals surface area contributed by atoms with Gasteiger partial charge in [0.2, 0.25) is 17.5 Å². The molecule has 3 nitrogen and oxygen atoms in total. The molecule has 0 aliphatic carbocycles. The van der Waals surface area contributed by atoms with Crippen LogP contribution in [0.2, 0.25) is 0 Å². The largest absolute Gasteiger partial charge is 0.375 e. The molecule has 0 aromatic carbocycles. The molecule has 0 spiro atoms. The summed E-state index contributed by atoms with van der Waals surface area (Å²) in [4.78, 5) is 5.16. The number of hydrogen-bond donors (Lipinski definition) is 0. The Hall–Kier alpha value is -0.300. The minimum atomic E-state index is -6.48. The van der Waals surface area contributed by atoms with Crippen LogP contribution in [0.5, 0.6) is 0 Å². The van der Waals surface area contributed by atoms with E-state index in [-0.39, 0.29) is 0 Å². The van der Waals surface area contributed by atoms with Crippen LogP contribution in [0, 0.1) is 0 Å². The first-order valence-corrected chi connectivity index (χ1v) is 9.83. The van der Waals surface area contributed by atoms with E-state index in [1.54, 1.807) is 15.0 Å². The van der Waals surface area contributed by atoms with Crippen molar-refractivity contribution in [3.8, 4) is 0 Å². The van der Waals surface area contributed by atoms with Gasteiger partial charge in [0.1, 0.15) is 0 Å². The first kappa shape index (κ1) is 33.7. The van der Waals surface area contributed by atoms with E-state index in [4.69, 9.17) is 0 Å². The standard InChI is InChI=1S/C12Cl6F15N3/c13-7(25,10(16,28)29)4(19,20)1-34-2(5(21,22)8(14,26)11(17,30)31)36-3(35-1)6(23,24)9(15,27)12(18,32)33. The molecule has 0 fully saturated rings. The van der Waals surface area contributed by atoms with Crippen LogP contribution in [0.1, 0.15) is 17.5 Å². The van der Waals surface area contributed by atoms with Gasteiger partial charge in [0, 0.05) is 0 Å². The Balaban J connectivity index is 4.21. The molecule has 0 amide bonds. The Morgan fingerprint density at radius 1 is 0.333 bits per heavy atom. The Labute approximate surface area is 217 Å². The molecule has 0 saturated carbocycles. The molecule has 3 atom stereocenters. The summed E-state index contributed by atoms with van der Waals surface area (Å²) in [6.45, 7) is 0. The van der Waals surface area contributed by atoms with E-state index >= 15 is 0 Å². The topological polar surface area (TPSA) is 38.7 Å². The third-order valence-electron chi connectivity index (χ3n) is 3.73. The summed E-state index contributed by atoms with van der Waals surface area (Å²) in [5.41, 5.74) is 0. The number of halogens is 21. The van der Waals surface area contributed by atoms with E-state index in [9.17, 15) is 65.9 Å². The van der Waals surface area contributed by atoms with E-state index in [1.165, 1.54) is 0 Å². The van der Waals surface area contributed by atoms with Crippen molar-refractivity contribution in [3.05, 3.63) is 17.5 Å². The quantitative estimate of drug-likeness (QED) is 0.194. The minimum Gasteiger partial charge on any atom is -0.210 e. The van der Waals surface area contributed by atoms with Gasteiger partial charge in [-0.3, -0.25) is 0 Å². The molecule has 210 valence electrons. The van der Waals surface area contributed by atoms with E-state index in [0.29, 0.717) is 0 Å². The average molecular weight is 684 g/mol. The van der Waals surface area contributed by atoms with Gasteiger partial charge in [0.05, 0.1) is 0 Å². The number of hydrogen-bond acceptors (Lipinski definition) is 3. The van der Waals surface area contributed by atoms with Crippen molar-refractivity contribution >= 4 is 69.6 Å². The number of aromatic nitrogens is 3. The predicted octanol–water partition coefficient (Wildman–Crippen LogP) is 8.36. The van der Waals surface area contributed by atoms with Crippen molar-refractivity contribution in [3.63, 3.8) is 0 Å². The molecule has 0 aliphatic heterocycles. The normalized spacial score (nSPS) is 19.9. The average Bonchev–Trinajstić information content (AvgIpc) is 2.64. The zero-order valence-electron chi connectivity index (χ0n) is 15.3. The number of nitrogens with zero attached hydrogens (tertiary/aromatic N) is 3. The Kier molecular flexibility index (Phi) is 8.55. The maximum atomic E-state index is 14.3. The fourth-order valence-electron chi connectivity index (χ4n) is 1.75. The molecule has 0 aliphatic rings. The van der Waals surface area contributed by atoms with Crippen LogP contribution in [-0.2, 0) is 17.8 Å². The molecule has 1 aromatic heterocycles. The lowest BCUT2D eigenvalue weighted by Crippen LogP contribution is -2.53.